The maximum atomic E-state index is 13.7. The SMILES string of the molecule is O=C(Nc1cc(F)ccc1F)c1nc2nc(-c3ccc(F)cc3)cc(C(F)(F)F)n2n1. The van der Waals surface area contributed by atoms with Crippen molar-refractivity contribution in [1.29, 1.82) is 0 Å². The number of hydrogen-bond donors (Lipinski definition) is 1. The van der Waals surface area contributed by atoms with Crippen molar-refractivity contribution in [2.75, 3.05) is 5.32 Å². The van der Waals surface area contributed by atoms with Crippen molar-refractivity contribution in [3.63, 3.8) is 0 Å². The van der Waals surface area contributed by atoms with Gasteiger partial charge in [-0.15, -0.1) is 5.10 Å². The molecule has 2 heterocycles. The van der Waals surface area contributed by atoms with E-state index in [2.05, 4.69) is 15.1 Å². The van der Waals surface area contributed by atoms with E-state index in [0.29, 0.717) is 16.6 Å². The van der Waals surface area contributed by atoms with E-state index < -0.39 is 52.5 Å². The standard InChI is InChI=1S/C19H9F6N5O/c20-10-3-1-9(2-4-10)13-8-15(19(23,24)25)30-18(27-13)28-16(29-30)17(31)26-14-7-11(21)5-6-12(14)22/h1-8H,(H,26,31). The van der Waals surface area contributed by atoms with E-state index >= 15 is 0 Å². The average Bonchev–Trinajstić information content (AvgIpc) is 3.14. The normalized spacial score (nSPS) is 11.7. The van der Waals surface area contributed by atoms with E-state index in [0.717, 1.165) is 24.3 Å². The molecule has 31 heavy (non-hydrogen) atoms. The third-order valence-electron chi connectivity index (χ3n) is 4.12. The van der Waals surface area contributed by atoms with Crippen LogP contribution in [0.25, 0.3) is 17.0 Å². The molecule has 158 valence electrons. The quantitative estimate of drug-likeness (QED) is 0.480. The number of alkyl halides is 3. The van der Waals surface area contributed by atoms with Gasteiger partial charge in [0.1, 0.15) is 17.5 Å². The predicted molar refractivity (Wildman–Crippen MR) is 95.5 cm³/mol. The molecule has 0 spiro atoms. The Bertz CT molecular complexity index is 1300. The molecule has 1 N–H and O–H groups in total. The molecule has 0 aliphatic carbocycles. The smallest absolute Gasteiger partial charge is 0.317 e. The third kappa shape index (κ3) is 4.04. The second kappa shape index (κ2) is 7.38. The van der Waals surface area contributed by atoms with Crippen LogP contribution < -0.4 is 5.32 Å². The minimum absolute atomic E-state index is 0.172. The van der Waals surface area contributed by atoms with Crippen molar-refractivity contribution in [2.24, 2.45) is 0 Å². The summed E-state index contributed by atoms with van der Waals surface area (Å²) in [5.41, 5.74) is -1.85. The van der Waals surface area contributed by atoms with Crippen LogP contribution in [-0.4, -0.2) is 25.5 Å². The van der Waals surface area contributed by atoms with E-state index in [4.69, 9.17) is 0 Å². The Morgan fingerprint density at radius 2 is 1.58 bits per heavy atom. The van der Waals surface area contributed by atoms with Gasteiger partial charge in [-0.2, -0.15) is 22.7 Å². The van der Waals surface area contributed by atoms with Crippen molar-refractivity contribution < 1.29 is 31.1 Å². The van der Waals surface area contributed by atoms with E-state index in [-0.39, 0.29) is 11.3 Å². The Kier molecular flexibility index (Phi) is 4.84. The lowest BCUT2D eigenvalue weighted by Gasteiger charge is -2.10. The molecule has 2 aromatic heterocycles. The highest BCUT2D eigenvalue weighted by Gasteiger charge is 2.36. The minimum Gasteiger partial charge on any atom is -0.317 e. The van der Waals surface area contributed by atoms with Gasteiger partial charge in [0, 0.05) is 11.6 Å². The zero-order valence-electron chi connectivity index (χ0n) is 15.1. The largest absolute Gasteiger partial charge is 0.433 e. The number of amides is 1. The summed E-state index contributed by atoms with van der Waals surface area (Å²) in [5.74, 6) is -4.90. The molecule has 12 heteroatoms. The molecule has 6 nitrogen and oxygen atoms in total. The molecule has 4 rings (SSSR count). The first kappa shape index (κ1) is 20.3. The van der Waals surface area contributed by atoms with Crippen LogP contribution in [0.1, 0.15) is 16.3 Å². The second-order valence-electron chi connectivity index (χ2n) is 6.26. The summed E-state index contributed by atoms with van der Waals surface area (Å²) in [7, 11) is 0. The number of carbonyl (C=O) groups excluding carboxylic acids is 1. The number of nitrogens with zero attached hydrogens (tertiary/aromatic N) is 4. The van der Waals surface area contributed by atoms with Crippen molar-refractivity contribution in [1.82, 2.24) is 19.6 Å². The van der Waals surface area contributed by atoms with E-state index in [1.165, 1.54) is 12.1 Å². The lowest BCUT2D eigenvalue weighted by molar-refractivity contribution is -0.142. The molecule has 0 aliphatic heterocycles. The van der Waals surface area contributed by atoms with Crippen LogP contribution >= 0.6 is 0 Å². The lowest BCUT2D eigenvalue weighted by atomic mass is 10.1. The van der Waals surface area contributed by atoms with Crippen LogP contribution in [0.5, 0.6) is 0 Å². The molecule has 0 saturated carbocycles. The van der Waals surface area contributed by atoms with E-state index in [1.54, 1.807) is 0 Å². The summed E-state index contributed by atoms with van der Waals surface area (Å²) in [6.45, 7) is 0. The highest BCUT2D eigenvalue weighted by Crippen LogP contribution is 2.32. The van der Waals surface area contributed by atoms with Crippen LogP contribution in [-0.2, 0) is 6.18 Å². The maximum absolute atomic E-state index is 13.7. The highest BCUT2D eigenvalue weighted by atomic mass is 19.4. The maximum Gasteiger partial charge on any atom is 0.433 e. The van der Waals surface area contributed by atoms with Crippen molar-refractivity contribution in [2.45, 2.75) is 6.18 Å². The summed E-state index contributed by atoms with van der Waals surface area (Å²) >= 11 is 0. The molecule has 0 fully saturated rings. The van der Waals surface area contributed by atoms with Crippen molar-refractivity contribution >= 4 is 17.4 Å². The number of nitrogens with one attached hydrogen (secondary N) is 1. The van der Waals surface area contributed by atoms with Crippen LogP contribution in [0.4, 0.5) is 32.0 Å². The number of fused-ring (bicyclic) bond motifs is 1. The summed E-state index contributed by atoms with van der Waals surface area (Å²) in [6, 6.07) is 7.49. The fourth-order valence-corrected chi connectivity index (χ4v) is 2.71. The lowest BCUT2D eigenvalue weighted by Crippen LogP contribution is -2.16. The highest BCUT2D eigenvalue weighted by molar-refractivity contribution is 6.01. The summed E-state index contributed by atoms with van der Waals surface area (Å²) in [5, 5.41) is 5.51. The number of halogens is 6. The van der Waals surface area contributed by atoms with Gasteiger partial charge in [-0.3, -0.25) is 4.79 Å². The van der Waals surface area contributed by atoms with Gasteiger partial charge < -0.3 is 5.32 Å². The molecule has 0 atom stereocenters. The number of rotatable bonds is 3. The number of aromatic nitrogens is 4. The molecule has 1 amide bonds. The monoisotopic (exact) mass is 437 g/mol. The molecular formula is C19H9F6N5O. The number of anilines is 1. The molecule has 4 aromatic rings. The molecule has 0 unspecified atom stereocenters. The van der Waals surface area contributed by atoms with Crippen molar-refractivity contribution in [3.05, 3.63) is 77.5 Å². The molecule has 0 radical (unpaired) electrons. The van der Waals surface area contributed by atoms with Gasteiger partial charge in [0.25, 0.3) is 11.7 Å². The number of benzene rings is 2. The summed E-state index contributed by atoms with van der Waals surface area (Å²) < 4.78 is 81.1. The van der Waals surface area contributed by atoms with Gasteiger partial charge in [-0.25, -0.2) is 18.2 Å². The molecule has 0 saturated heterocycles. The summed E-state index contributed by atoms with van der Waals surface area (Å²) in [6.07, 6.45) is -4.90. The van der Waals surface area contributed by atoms with Crippen LogP contribution in [0, 0.1) is 17.5 Å². The zero-order chi connectivity index (χ0) is 22.3. The van der Waals surface area contributed by atoms with E-state index in [1.807, 2.05) is 5.32 Å². The predicted octanol–water partition coefficient (Wildman–Crippen LogP) is 4.48. The average molecular weight is 437 g/mol. The van der Waals surface area contributed by atoms with Gasteiger partial charge in [0.2, 0.25) is 5.82 Å². The van der Waals surface area contributed by atoms with Gasteiger partial charge in [0.15, 0.2) is 5.69 Å². The van der Waals surface area contributed by atoms with E-state index in [9.17, 15) is 31.1 Å². The third-order valence-corrected chi connectivity index (χ3v) is 4.12. The first-order valence-electron chi connectivity index (χ1n) is 8.49. The summed E-state index contributed by atoms with van der Waals surface area (Å²) in [4.78, 5) is 19.9. The first-order valence-corrected chi connectivity index (χ1v) is 8.49. The van der Waals surface area contributed by atoms with Gasteiger partial charge in [-0.1, -0.05) is 0 Å². The van der Waals surface area contributed by atoms with Crippen LogP contribution in [0.2, 0.25) is 0 Å². The van der Waals surface area contributed by atoms with Gasteiger partial charge in [-0.05, 0) is 42.5 Å². The molecule has 2 aromatic carbocycles. The van der Waals surface area contributed by atoms with Crippen LogP contribution in [0.3, 0.4) is 0 Å². The molecule has 0 aliphatic rings. The molecular weight excluding hydrogens is 428 g/mol. The fourth-order valence-electron chi connectivity index (χ4n) is 2.71. The second-order valence-corrected chi connectivity index (χ2v) is 6.26. The van der Waals surface area contributed by atoms with Crippen LogP contribution in [0.15, 0.2) is 48.5 Å². The number of hydrogen-bond acceptors (Lipinski definition) is 4. The Morgan fingerprint density at radius 1 is 0.903 bits per heavy atom. The Labute approximate surface area is 169 Å². The topological polar surface area (TPSA) is 72.2 Å². The molecule has 0 bridgehead atoms. The Hall–Kier alpha value is -3.96. The van der Waals surface area contributed by atoms with Crippen molar-refractivity contribution in [3.8, 4) is 11.3 Å². The van der Waals surface area contributed by atoms with Gasteiger partial charge >= 0.3 is 6.18 Å². The Balaban J connectivity index is 1.79. The van der Waals surface area contributed by atoms with Gasteiger partial charge in [0.05, 0.1) is 11.4 Å². The first-order chi connectivity index (χ1) is 14.6. The zero-order valence-corrected chi connectivity index (χ0v) is 15.1. The minimum atomic E-state index is -4.90. The number of carbonyl (C=O) groups is 1. The fraction of sp³-hybridized carbons (Fsp3) is 0.0526. The Morgan fingerprint density at radius 3 is 2.26 bits per heavy atom.